The summed E-state index contributed by atoms with van der Waals surface area (Å²) in [5, 5.41) is 0.693. The van der Waals surface area contributed by atoms with Gasteiger partial charge in [-0.3, -0.25) is 4.79 Å². The molecule has 5 nitrogen and oxygen atoms in total. The first-order valence-electron chi connectivity index (χ1n) is 10.1. The van der Waals surface area contributed by atoms with E-state index in [1.54, 1.807) is 4.90 Å². The van der Waals surface area contributed by atoms with Crippen molar-refractivity contribution in [1.29, 1.82) is 0 Å². The summed E-state index contributed by atoms with van der Waals surface area (Å²) in [5.41, 5.74) is 0.176. The van der Waals surface area contributed by atoms with Gasteiger partial charge in [-0.1, -0.05) is 37.6 Å². The smallest absolute Gasteiger partial charge is 0.410 e. The highest BCUT2D eigenvalue weighted by molar-refractivity contribution is 6.30. The minimum absolute atomic E-state index is 0.0421. The van der Waals surface area contributed by atoms with Crippen LogP contribution in [0.2, 0.25) is 5.02 Å². The van der Waals surface area contributed by atoms with Crippen molar-refractivity contribution in [2.24, 2.45) is 11.3 Å². The fourth-order valence-corrected chi connectivity index (χ4v) is 4.51. The third-order valence-corrected chi connectivity index (χ3v) is 5.83. The van der Waals surface area contributed by atoms with E-state index >= 15 is 0 Å². The molecule has 1 unspecified atom stereocenters. The second-order valence-corrected chi connectivity index (χ2v) is 9.87. The second-order valence-electron chi connectivity index (χ2n) is 9.43. The predicted octanol–water partition coefficient (Wildman–Crippen LogP) is 4.90. The van der Waals surface area contributed by atoms with Crippen molar-refractivity contribution in [2.75, 3.05) is 19.6 Å². The Morgan fingerprint density at radius 1 is 1.21 bits per heavy atom. The molecule has 2 aliphatic heterocycles. The summed E-state index contributed by atoms with van der Waals surface area (Å²) >= 11 is 6.07. The Balaban J connectivity index is 1.79. The van der Waals surface area contributed by atoms with Crippen molar-refractivity contribution in [3.05, 3.63) is 34.9 Å². The van der Waals surface area contributed by atoms with Gasteiger partial charge in [0.05, 0.1) is 11.5 Å². The van der Waals surface area contributed by atoms with Crippen LogP contribution < -0.4 is 0 Å². The van der Waals surface area contributed by atoms with Gasteiger partial charge in [-0.25, -0.2) is 4.79 Å². The number of hydrogen-bond donors (Lipinski definition) is 0. The minimum atomic E-state index is -0.515. The molecule has 28 heavy (non-hydrogen) atoms. The highest BCUT2D eigenvalue weighted by atomic mass is 35.5. The van der Waals surface area contributed by atoms with Gasteiger partial charge < -0.3 is 14.5 Å². The van der Waals surface area contributed by atoms with Crippen molar-refractivity contribution in [3.8, 4) is 0 Å². The summed E-state index contributed by atoms with van der Waals surface area (Å²) in [6.07, 6.45) is 1.02. The van der Waals surface area contributed by atoms with E-state index in [-0.39, 0.29) is 18.0 Å². The summed E-state index contributed by atoms with van der Waals surface area (Å²) in [6, 6.07) is 7.86. The number of likely N-dealkylation sites (tertiary alicyclic amines) is 2. The average molecular weight is 407 g/mol. The highest BCUT2D eigenvalue weighted by Gasteiger charge is 2.61. The van der Waals surface area contributed by atoms with Crippen molar-refractivity contribution in [1.82, 2.24) is 9.80 Å². The molecule has 0 aliphatic carbocycles. The second kappa shape index (κ2) is 7.58. The molecule has 0 radical (unpaired) electrons. The predicted molar refractivity (Wildman–Crippen MR) is 110 cm³/mol. The first kappa shape index (κ1) is 21.0. The summed E-state index contributed by atoms with van der Waals surface area (Å²) in [6.45, 7) is 11.7. The van der Waals surface area contributed by atoms with Crippen LogP contribution in [0.25, 0.3) is 0 Å². The molecule has 2 heterocycles. The third kappa shape index (κ3) is 4.00. The lowest BCUT2D eigenvalue weighted by atomic mass is 9.62. The molecule has 2 fully saturated rings. The van der Waals surface area contributed by atoms with Gasteiger partial charge >= 0.3 is 6.09 Å². The maximum Gasteiger partial charge on any atom is 0.410 e. The Kier molecular flexibility index (Phi) is 5.68. The zero-order valence-corrected chi connectivity index (χ0v) is 18.3. The maximum absolute atomic E-state index is 13.2. The van der Waals surface area contributed by atoms with E-state index in [4.69, 9.17) is 16.3 Å². The van der Waals surface area contributed by atoms with Gasteiger partial charge in [0, 0.05) is 24.7 Å². The van der Waals surface area contributed by atoms with Crippen LogP contribution in [0, 0.1) is 11.3 Å². The van der Waals surface area contributed by atoms with E-state index in [1.807, 2.05) is 49.9 Å². The van der Waals surface area contributed by atoms with E-state index in [0.717, 1.165) is 12.1 Å². The molecule has 0 bridgehead atoms. The van der Waals surface area contributed by atoms with Crippen LogP contribution in [-0.4, -0.2) is 47.0 Å². The topological polar surface area (TPSA) is 49.9 Å². The lowest BCUT2D eigenvalue weighted by Crippen LogP contribution is -2.67. The summed E-state index contributed by atoms with van der Waals surface area (Å²) in [4.78, 5) is 29.3. The first-order chi connectivity index (χ1) is 13.0. The van der Waals surface area contributed by atoms with E-state index in [0.29, 0.717) is 36.9 Å². The monoisotopic (exact) mass is 406 g/mol. The summed E-state index contributed by atoms with van der Waals surface area (Å²) in [5.74, 6) is 0.614. The van der Waals surface area contributed by atoms with Crippen LogP contribution in [0.5, 0.6) is 0 Å². The number of nitrogens with zero attached hydrogens (tertiary/aromatic N) is 2. The van der Waals surface area contributed by atoms with Gasteiger partial charge in [-0.05, 0) is 57.2 Å². The third-order valence-electron chi connectivity index (χ3n) is 5.58. The number of amides is 2. The van der Waals surface area contributed by atoms with Gasteiger partial charge in [0.1, 0.15) is 5.60 Å². The molecule has 0 N–H and O–H groups in total. The van der Waals surface area contributed by atoms with Crippen molar-refractivity contribution >= 4 is 23.6 Å². The van der Waals surface area contributed by atoms with Crippen LogP contribution in [-0.2, 0) is 9.53 Å². The van der Waals surface area contributed by atoms with Crippen molar-refractivity contribution in [2.45, 2.75) is 59.1 Å². The number of piperidine rings is 1. The Bertz CT molecular complexity index is 731. The highest BCUT2D eigenvalue weighted by Crippen LogP contribution is 2.56. The Morgan fingerprint density at radius 3 is 2.29 bits per heavy atom. The van der Waals surface area contributed by atoms with Crippen molar-refractivity contribution in [3.63, 3.8) is 0 Å². The fraction of sp³-hybridized carbons (Fsp3) is 0.636. The molecular weight excluding hydrogens is 376 g/mol. The molecule has 6 heteroatoms. The lowest BCUT2D eigenvalue weighted by molar-refractivity contribution is -0.181. The molecule has 1 spiro atoms. The number of ether oxygens (including phenoxy) is 1. The summed E-state index contributed by atoms with van der Waals surface area (Å²) in [7, 11) is 0. The fourth-order valence-electron chi connectivity index (χ4n) is 4.38. The molecule has 2 saturated heterocycles. The van der Waals surface area contributed by atoms with Crippen LogP contribution >= 0.6 is 11.6 Å². The standard InChI is InChI=1S/C22H31ClN2O3/c1-15(2)14-25-18(16-6-8-17(23)9-7-16)22(19(25)26)10-12-24(13-11-22)20(27)28-21(3,4)5/h6-9,15,18H,10-14H2,1-5H3. The average Bonchev–Trinajstić information content (AvgIpc) is 2.61. The minimum Gasteiger partial charge on any atom is -0.444 e. The van der Waals surface area contributed by atoms with Crippen LogP contribution in [0.4, 0.5) is 4.79 Å². The normalized spacial score (nSPS) is 21.8. The SMILES string of the molecule is CC(C)CN1C(=O)C2(CCN(C(=O)OC(C)(C)C)CC2)C1c1ccc(Cl)cc1. The summed E-state index contributed by atoms with van der Waals surface area (Å²) < 4.78 is 5.50. The largest absolute Gasteiger partial charge is 0.444 e. The van der Waals surface area contributed by atoms with Crippen LogP contribution in [0.15, 0.2) is 24.3 Å². The number of benzene rings is 1. The van der Waals surface area contributed by atoms with Crippen molar-refractivity contribution < 1.29 is 14.3 Å². The van der Waals surface area contributed by atoms with E-state index in [1.165, 1.54) is 0 Å². The van der Waals surface area contributed by atoms with Gasteiger partial charge in [0.2, 0.25) is 5.91 Å². The maximum atomic E-state index is 13.2. The van der Waals surface area contributed by atoms with E-state index in [2.05, 4.69) is 13.8 Å². The van der Waals surface area contributed by atoms with Gasteiger partial charge in [0.25, 0.3) is 0 Å². The van der Waals surface area contributed by atoms with Gasteiger partial charge in [-0.15, -0.1) is 0 Å². The Labute approximate surface area is 173 Å². The molecule has 0 aromatic heterocycles. The molecule has 154 valence electrons. The van der Waals surface area contributed by atoms with E-state index < -0.39 is 11.0 Å². The van der Waals surface area contributed by atoms with Gasteiger partial charge in [0.15, 0.2) is 0 Å². The Morgan fingerprint density at radius 2 is 1.79 bits per heavy atom. The number of hydrogen-bond acceptors (Lipinski definition) is 3. The van der Waals surface area contributed by atoms with E-state index in [9.17, 15) is 9.59 Å². The molecule has 0 saturated carbocycles. The van der Waals surface area contributed by atoms with Gasteiger partial charge in [-0.2, -0.15) is 0 Å². The molecule has 2 aliphatic rings. The first-order valence-corrected chi connectivity index (χ1v) is 10.5. The number of rotatable bonds is 3. The quantitative estimate of drug-likeness (QED) is 0.671. The van der Waals surface area contributed by atoms with Crippen LogP contribution in [0.3, 0.4) is 0 Å². The molecule has 1 aromatic carbocycles. The zero-order valence-electron chi connectivity index (χ0n) is 17.5. The molecule has 1 atom stereocenters. The zero-order chi connectivity index (χ0) is 20.7. The number of carbonyl (C=O) groups is 2. The lowest BCUT2D eigenvalue weighted by Gasteiger charge is -2.59. The Hall–Kier alpha value is -1.75. The number of halogens is 1. The molecular formula is C22H31ClN2O3. The number of β-lactam (4-membered cyclic amide) rings is 1. The van der Waals surface area contributed by atoms with Crippen LogP contribution in [0.1, 0.15) is 59.1 Å². The molecule has 2 amide bonds. The molecule has 1 aromatic rings. The molecule has 3 rings (SSSR count). The number of carbonyl (C=O) groups excluding carboxylic acids is 2.